The molecule has 0 spiro atoms. The van der Waals surface area contributed by atoms with Crippen LogP contribution < -0.4 is 0 Å². The Kier molecular flexibility index (Phi) is 6.19. The minimum Gasteiger partial charge on any atom is -0.362 e. The number of ketones is 4. The highest BCUT2D eigenvalue weighted by Crippen LogP contribution is 2.37. The molecule has 2 aliphatic carbocycles. The van der Waals surface area contributed by atoms with E-state index in [1.165, 1.54) is 28.3 Å². The van der Waals surface area contributed by atoms with Gasteiger partial charge in [0, 0.05) is 43.6 Å². The molecule has 0 aromatic heterocycles. The maximum atomic E-state index is 13.0. The van der Waals surface area contributed by atoms with Gasteiger partial charge in [0.1, 0.15) is 0 Å². The normalized spacial score (nSPS) is 19.0. The average Bonchev–Trinajstić information content (AvgIpc) is 3.36. The lowest BCUT2D eigenvalue weighted by atomic mass is 9.96. The molecule has 0 fully saturated rings. The van der Waals surface area contributed by atoms with Gasteiger partial charge in [-0.15, -0.1) is 0 Å². The molecule has 0 amide bonds. The number of hydrogen-bond acceptors (Lipinski definition) is 7. The van der Waals surface area contributed by atoms with Crippen molar-refractivity contribution in [2.75, 3.05) is 21.3 Å². The fraction of sp³-hybridized carbons (Fsp3) is 0.176. The molecule has 0 saturated carbocycles. The molecule has 0 heterocycles. The lowest BCUT2D eigenvalue weighted by Gasteiger charge is -2.21. The highest BCUT2D eigenvalue weighted by molar-refractivity contribution is 6.32. The minimum atomic E-state index is -1.92. The van der Waals surface area contributed by atoms with Crippen LogP contribution in [0.4, 0.5) is 0 Å². The predicted molar refractivity (Wildman–Crippen MR) is 152 cm³/mol. The summed E-state index contributed by atoms with van der Waals surface area (Å²) >= 11 is 0. The van der Waals surface area contributed by atoms with E-state index in [0.29, 0.717) is 11.1 Å². The molecule has 0 N–H and O–H groups in total. The minimum absolute atomic E-state index is 0.278. The Morgan fingerprint density at radius 2 is 0.732 bits per heavy atom. The first-order valence-electron chi connectivity index (χ1n) is 13.0. The maximum absolute atomic E-state index is 13.0. The number of rotatable bonds is 6. The number of hydrogen-bond donors (Lipinski definition) is 0. The van der Waals surface area contributed by atoms with E-state index < -0.39 is 23.0 Å². The Balaban J connectivity index is 1.24. The van der Waals surface area contributed by atoms with E-state index in [1.807, 2.05) is 54.6 Å². The van der Waals surface area contributed by atoms with Crippen molar-refractivity contribution in [2.45, 2.75) is 18.3 Å². The number of Topliss-reactive ketones (excluding diaryl/α,β-unsaturated/α-hetero) is 4. The summed E-state index contributed by atoms with van der Waals surface area (Å²) in [6.45, 7) is 1.51. The number of fused-ring (bicyclic) bond motifs is 2. The molecule has 7 nitrogen and oxygen atoms in total. The fourth-order valence-corrected chi connectivity index (χ4v) is 5.64. The Labute approximate surface area is 236 Å². The van der Waals surface area contributed by atoms with Crippen molar-refractivity contribution < 1.29 is 33.4 Å². The van der Waals surface area contributed by atoms with Crippen LogP contribution >= 0.6 is 0 Å². The van der Waals surface area contributed by atoms with E-state index >= 15 is 0 Å². The van der Waals surface area contributed by atoms with Crippen molar-refractivity contribution in [2.24, 2.45) is 0 Å². The second-order valence-electron chi connectivity index (χ2n) is 10.3. The first-order valence-corrected chi connectivity index (χ1v) is 13.0. The molecule has 4 aromatic carbocycles. The van der Waals surface area contributed by atoms with Gasteiger partial charge >= 0.3 is 0 Å². The van der Waals surface area contributed by atoms with Crippen molar-refractivity contribution in [1.82, 2.24) is 0 Å². The van der Waals surface area contributed by atoms with Gasteiger partial charge in [-0.25, -0.2) is 0 Å². The van der Waals surface area contributed by atoms with Crippen LogP contribution in [0.1, 0.15) is 48.4 Å². The van der Waals surface area contributed by atoms with Gasteiger partial charge in [0.15, 0.2) is 5.60 Å². The van der Waals surface area contributed by atoms with Crippen LogP contribution in [0.15, 0.2) is 84.9 Å². The topological polar surface area (TPSA) is 96.0 Å². The molecule has 41 heavy (non-hydrogen) atoms. The third-order valence-corrected chi connectivity index (χ3v) is 8.24. The lowest BCUT2D eigenvalue weighted by molar-refractivity contribution is -0.133. The Morgan fingerprint density at radius 1 is 0.415 bits per heavy atom. The summed E-state index contributed by atoms with van der Waals surface area (Å²) in [6.07, 6.45) is 0. The zero-order valence-corrected chi connectivity index (χ0v) is 22.9. The molecule has 0 radical (unpaired) electrons. The summed E-state index contributed by atoms with van der Waals surface area (Å²) in [4.78, 5) is 51.3. The van der Waals surface area contributed by atoms with E-state index in [-0.39, 0.29) is 22.7 Å². The number of ether oxygens (including phenoxy) is 3. The summed E-state index contributed by atoms with van der Waals surface area (Å²) < 4.78 is 15.6. The zero-order chi connectivity index (χ0) is 29.1. The van der Waals surface area contributed by atoms with Gasteiger partial charge in [-0.1, -0.05) is 60.7 Å². The highest BCUT2D eigenvalue weighted by atomic mass is 16.7. The van der Waals surface area contributed by atoms with E-state index in [0.717, 1.165) is 33.4 Å². The lowest BCUT2D eigenvalue weighted by Crippen LogP contribution is -2.45. The SMILES string of the molecule is COC1(C)C(=O)c2ccc(-c3ccc(-c4ccc(-c5ccc6c(c5)C(=O)C(OC)(OC)C6=O)cc4)cc3)cc2C1=O. The first kappa shape index (κ1) is 26.7. The monoisotopic (exact) mass is 546 g/mol. The van der Waals surface area contributed by atoms with Gasteiger partial charge in [0.2, 0.25) is 23.1 Å². The third kappa shape index (κ3) is 3.78. The Hall–Kier alpha value is -4.56. The summed E-state index contributed by atoms with van der Waals surface area (Å²) in [6, 6.07) is 26.3. The van der Waals surface area contributed by atoms with Gasteiger partial charge in [-0.05, 0) is 64.6 Å². The number of benzene rings is 4. The van der Waals surface area contributed by atoms with E-state index in [9.17, 15) is 19.2 Å². The zero-order valence-electron chi connectivity index (χ0n) is 22.9. The number of methoxy groups -OCH3 is 3. The van der Waals surface area contributed by atoms with Crippen LogP contribution in [0.3, 0.4) is 0 Å². The molecule has 0 saturated heterocycles. The van der Waals surface area contributed by atoms with Crippen LogP contribution in [-0.2, 0) is 14.2 Å². The third-order valence-electron chi connectivity index (χ3n) is 8.24. The smallest absolute Gasteiger partial charge is 0.299 e. The van der Waals surface area contributed by atoms with Crippen LogP contribution in [-0.4, -0.2) is 55.9 Å². The van der Waals surface area contributed by atoms with Gasteiger partial charge in [0.05, 0.1) is 0 Å². The van der Waals surface area contributed by atoms with E-state index in [4.69, 9.17) is 14.2 Å². The molecule has 204 valence electrons. The second kappa shape index (κ2) is 9.52. The van der Waals surface area contributed by atoms with Crippen molar-refractivity contribution >= 4 is 23.1 Å². The van der Waals surface area contributed by atoms with Crippen molar-refractivity contribution in [3.63, 3.8) is 0 Å². The molecule has 1 unspecified atom stereocenters. The Bertz CT molecular complexity index is 1760. The van der Waals surface area contributed by atoms with Crippen LogP contribution in [0.5, 0.6) is 0 Å². The Morgan fingerprint density at radius 3 is 1.15 bits per heavy atom. The van der Waals surface area contributed by atoms with Crippen molar-refractivity contribution in [3.05, 3.63) is 107 Å². The molecule has 0 aliphatic heterocycles. The molecule has 0 bridgehead atoms. The molecule has 2 aliphatic rings. The van der Waals surface area contributed by atoms with Gasteiger partial charge in [-0.2, -0.15) is 0 Å². The van der Waals surface area contributed by atoms with Crippen LogP contribution in [0.25, 0.3) is 33.4 Å². The van der Waals surface area contributed by atoms with Gasteiger partial charge < -0.3 is 14.2 Å². The van der Waals surface area contributed by atoms with Gasteiger partial charge in [-0.3, -0.25) is 19.2 Å². The molecular formula is C34H26O7. The molecule has 6 rings (SSSR count). The summed E-state index contributed by atoms with van der Waals surface area (Å²) in [5.41, 5.74) is 5.29. The fourth-order valence-electron chi connectivity index (χ4n) is 5.64. The summed E-state index contributed by atoms with van der Waals surface area (Å²) in [5, 5.41) is 0. The predicted octanol–water partition coefficient (Wildman–Crippen LogP) is 5.84. The first-order chi connectivity index (χ1) is 19.7. The highest BCUT2D eigenvalue weighted by Gasteiger charge is 2.55. The molecule has 7 heteroatoms. The maximum Gasteiger partial charge on any atom is 0.299 e. The summed E-state index contributed by atoms with van der Waals surface area (Å²) in [7, 11) is 3.93. The van der Waals surface area contributed by atoms with Crippen molar-refractivity contribution in [1.29, 1.82) is 0 Å². The molecule has 4 aromatic rings. The standard InChI is InChI=1S/C34H26O7/c1-33(39-2)29(35)25-15-13-23(17-27(25)30(33)36)21-9-5-19(6-10-21)20-7-11-22(12-8-20)24-14-16-26-28(18-24)32(38)34(40-3,41-4)31(26)37/h5-18H,1-4H3. The van der Waals surface area contributed by atoms with Gasteiger partial charge in [0.25, 0.3) is 5.79 Å². The molecule has 1 atom stereocenters. The van der Waals surface area contributed by atoms with E-state index in [1.54, 1.807) is 30.3 Å². The number of carbonyl (C=O) groups is 4. The second-order valence-corrected chi connectivity index (χ2v) is 10.3. The molecular weight excluding hydrogens is 520 g/mol. The largest absolute Gasteiger partial charge is 0.362 e. The summed E-state index contributed by atoms with van der Waals surface area (Å²) in [5.74, 6) is -3.57. The van der Waals surface area contributed by atoms with Crippen LogP contribution in [0, 0.1) is 0 Å². The van der Waals surface area contributed by atoms with Crippen molar-refractivity contribution in [3.8, 4) is 33.4 Å². The van der Waals surface area contributed by atoms with E-state index in [2.05, 4.69) is 0 Å². The average molecular weight is 547 g/mol. The quantitative estimate of drug-likeness (QED) is 0.221. The van der Waals surface area contributed by atoms with Crippen LogP contribution in [0.2, 0.25) is 0 Å². The number of carbonyl (C=O) groups excluding carboxylic acids is 4.